The van der Waals surface area contributed by atoms with Gasteiger partial charge in [-0.05, 0) is 101 Å². The lowest BCUT2D eigenvalue weighted by molar-refractivity contribution is 0.0934. The molecule has 0 aromatic heterocycles. The Bertz CT molecular complexity index is 2910. The van der Waals surface area contributed by atoms with Crippen LogP contribution in [0.2, 0.25) is 19.6 Å². The van der Waals surface area contributed by atoms with Crippen LogP contribution in [-0.2, 0) is 4.57 Å². The predicted molar refractivity (Wildman–Crippen MR) is 258 cm³/mol. The summed E-state index contributed by atoms with van der Waals surface area (Å²) in [4.78, 5) is 0.0882. The van der Waals surface area contributed by atoms with E-state index >= 15 is 48.5 Å². The number of hydrogen-bond acceptors (Lipinski definition) is 3. The Labute approximate surface area is 391 Å². The van der Waals surface area contributed by atoms with Crippen LogP contribution in [0.4, 0.5) is 43.9 Å². The van der Waals surface area contributed by atoms with Crippen molar-refractivity contribution in [3.8, 4) is 0 Å². The van der Waals surface area contributed by atoms with Gasteiger partial charge in [-0.25, -0.2) is 48.6 Å². The highest BCUT2D eigenvalue weighted by Crippen LogP contribution is 2.76. The summed E-state index contributed by atoms with van der Waals surface area (Å²) in [5, 5.41) is 15.0. The highest BCUT2D eigenvalue weighted by Gasteiger charge is 2.70. The van der Waals surface area contributed by atoms with E-state index in [4.69, 9.17) is 0 Å². The maximum Gasteiger partial charge on any atom is 0.230 e. The molecule has 0 spiro atoms. The molecule has 0 atom stereocenters. The minimum Gasteiger partial charge on any atom is -0.321 e. The van der Waals surface area contributed by atoms with E-state index in [0.717, 1.165) is 11.1 Å². The Morgan fingerprint density at radius 1 is 0.515 bits per heavy atom. The fourth-order valence-electron chi connectivity index (χ4n) is 11.4. The first-order valence-corrected chi connectivity index (χ1v) is 29.0. The molecule has 0 saturated carbocycles. The summed E-state index contributed by atoms with van der Waals surface area (Å²) in [5.41, 5.74) is 0.0610. The largest absolute Gasteiger partial charge is 0.321 e. The van der Waals surface area contributed by atoms with Crippen molar-refractivity contribution in [2.45, 2.75) is 81.5 Å². The van der Waals surface area contributed by atoms with Crippen LogP contribution in [0.15, 0.2) is 83.2 Å². The van der Waals surface area contributed by atoms with Gasteiger partial charge in [0, 0.05) is 21.7 Å². The molecule has 0 fully saturated rings. The minimum atomic E-state index is -5.16. The van der Waals surface area contributed by atoms with Gasteiger partial charge in [0.15, 0.2) is 42.3 Å². The Kier molecular flexibility index (Phi) is 13.4. The van der Waals surface area contributed by atoms with Gasteiger partial charge in [-0.3, -0.25) is 0 Å². The summed E-state index contributed by atoms with van der Waals surface area (Å²) < 4.78 is 182. The number of benzene rings is 6. The highest BCUT2D eigenvalue weighted by atomic mass is 31.2. The van der Waals surface area contributed by atoms with Crippen molar-refractivity contribution in [1.82, 2.24) is 4.74 Å². The van der Waals surface area contributed by atoms with Crippen molar-refractivity contribution in [3.05, 3.63) is 186 Å². The standard InChI is InChI=1S/C51H50BF10NO2P2Si/c1-26-22-30(5)49(31(6)23-26)66(65,50-32(7)24-27(2)25-33(50)8)21-20-34-51(68(9,10)11)67(35-18-14-12-16-28(35)3,36-19-15-13-17-29(36)4)63(64)52(34,37-39(53)43(57)47(61)44(58)40(37)54)38-41(55)45(59)48(62)46(60)42(38)56/h12-19,22-25,64H,20-21H2,1-11H3. The molecule has 0 amide bonds. The molecule has 0 radical (unpaired) electrons. The van der Waals surface area contributed by atoms with Crippen molar-refractivity contribution in [1.29, 1.82) is 0 Å². The molecule has 7 rings (SSSR count). The van der Waals surface area contributed by atoms with Gasteiger partial charge < -0.3 is 9.77 Å². The summed E-state index contributed by atoms with van der Waals surface area (Å²) in [5.74, 6) is -26.5. The molecule has 17 heteroatoms. The van der Waals surface area contributed by atoms with Gasteiger partial charge in [-0.1, -0.05) is 97.9 Å². The van der Waals surface area contributed by atoms with Gasteiger partial charge in [0.05, 0.1) is 0 Å². The van der Waals surface area contributed by atoms with E-state index in [2.05, 4.69) is 0 Å². The average molecular weight is 1000 g/mol. The quantitative estimate of drug-likeness (QED) is 0.0489. The maximum atomic E-state index is 17.4. The maximum absolute atomic E-state index is 17.4. The van der Waals surface area contributed by atoms with Crippen LogP contribution < -0.4 is 32.1 Å². The van der Waals surface area contributed by atoms with Crippen LogP contribution in [0, 0.1) is 114 Å². The molecule has 358 valence electrons. The van der Waals surface area contributed by atoms with Gasteiger partial charge in [-0.15, -0.1) is 10.9 Å². The molecule has 0 aliphatic carbocycles. The normalized spacial score (nSPS) is 15.2. The van der Waals surface area contributed by atoms with Crippen molar-refractivity contribution in [2.75, 3.05) is 6.16 Å². The molecule has 1 aliphatic heterocycles. The summed E-state index contributed by atoms with van der Waals surface area (Å²) in [6.45, 7) is 19.1. The predicted octanol–water partition coefficient (Wildman–Crippen LogP) is 12.0. The molecule has 0 bridgehead atoms. The van der Waals surface area contributed by atoms with E-state index in [1.54, 1.807) is 134 Å². The van der Waals surface area contributed by atoms with Crippen molar-refractivity contribution >= 4 is 61.1 Å². The number of allylic oxidation sites excluding steroid dienone is 1. The summed E-state index contributed by atoms with van der Waals surface area (Å²) >= 11 is 0. The van der Waals surface area contributed by atoms with E-state index in [1.165, 1.54) is 0 Å². The lowest BCUT2D eigenvalue weighted by Crippen LogP contribution is -2.73. The Balaban J connectivity index is 1.84. The topological polar surface area (TPSA) is 40.5 Å². The molecule has 1 N–H and O–H groups in total. The van der Waals surface area contributed by atoms with Gasteiger partial charge in [0.1, 0.15) is 49.1 Å². The lowest BCUT2D eigenvalue weighted by atomic mass is 9.23. The van der Waals surface area contributed by atoms with E-state index in [-0.39, 0.29) is 20.3 Å². The fourth-order valence-corrected chi connectivity index (χ4v) is 26.2. The van der Waals surface area contributed by atoms with E-state index in [1.807, 2.05) is 13.8 Å². The van der Waals surface area contributed by atoms with E-state index in [9.17, 15) is 5.21 Å². The third-order valence-corrected chi connectivity index (χ3v) is 26.2. The molecule has 0 unspecified atom stereocenters. The third kappa shape index (κ3) is 7.40. The van der Waals surface area contributed by atoms with Crippen molar-refractivity contribution < 1.29 is 53.7 Å². The number of rotatable bonds is 10. The van der Waals surface area contributed by atoms with Crippen LogP contribution in [0.3, 0.4) is 0 Å². The average Bonchev–Trinajstić information content (AvgIpc) is 3.47. The van der Waals surface area contributed by atoms with Crippen molar-refractivity contribution in [3.63, 3.8) is 0 Å². The zero-order valence-corrected chi connectivity index (χ0v) is 42.2. The second-order valence-electron chi connectivity index (χ2n) is 19.1. The first-order chi connectivity index (χ1) is 31.6. The summed E-state index contributed by atoms with van der Waals surface area (Å²) in [6.07, 6.45) is -6.52. The monoisotopic (exact) mass is 999 g/mol. The molecule has 3 nitrogen and oxygen atoms in total. The first kappa shape index (κ1) is 51.1. The van der Waals surface area contributed by atoms with E-state index < -0.39 is 116 Å². The Hall–Kier alpha value is -4.78. The number of hydrogen-bond donors (Lipinski definition) is 1. The molecule has 1 heterocycles. The molecule has 6 aromatic carbocycles. The second kappa shape index (κ2) is 17.9. The zero-order valence-electron chi connectivity index (χ0n) is 39.4. The molecule has 0 saturated heterocycles. The third-order valence-electron chi connectivity index (χ3n) is 13.4. The Morgan fingerprint density at radius 3 is 1.13 bits per heavy atom. The smallest absolute Gasteiger partial charge is 0.230 e. The SMILES string of the molecule is Cc1cc(C)c(P(=O)(CCC2=C([Si](C)(C)C)[P+](c3ccccc3C)(c3ccccc3C)N(O)[B-]2(c2c(F)c(F)c(F)c(F)c2F)c2c(F)c(F)c(F)c(F)c2F)c2c(C)cc(C)cc2C)c(C)c1. The molecular formula is C51H50BF10NO2P2Si. The van der Waals surface area contributed by atoms with Crippen molar-refractivity contribution in [2.24, 2.45) is 0 Å². The molecule has 68 heavy (non-hydrogen) atoms. The van der Waals surface area contributed by atoms with Crippen LogP contribution in [-0.4, -0.2) is 30.5 Å². The van der Waals surface area contributed by atoms with Gasteiger partial charge in [0.2, 0.25) is 6.28 Å². The number of aryl methyl sites for hydroxylation is 8. The van der Waals surface area contributed by atoms with Gasteiger partial charge in [0.25, 0.3) is 0 Å². The van der Waals surface area contributed by atoms with Crippen LogP contribution >= 0.6 is 14.6 Å². The lowest BCUT2D eigenvalue weighted by Gasteiger charge is -2.47. The zero-order chi connectivity index (χ0) is 50.5. The van der Waals surface area contributed by atoms with Crippen LogP contribution in [0.1, 0.15) is 50.9 Å². The van der Waals surface area contributed by atoms with Crippen LogP contribution in [0.25, 0.3) is 0 Å². The first-order valence-electron chi connectivity index (χ1n) is 21.8. The van der Waals surface area contributed by atoms with E-state index in [0.29, 0.717) is 44.0 Å². The number of halogens is 10. The second-order valence-corrected chi connectivity index (χ2v) is 30.5. The minimum absolute atomic E-state index is 0.0882. The Morgan fingerprint density at radius 2 is 0.824 bits per heavy atom. The molecule has 1 aliphatic rings. The number of nitrogens with zero attached hydrogens (tertiary/aromatic N) is 1. The van der Waals surface area contributed by atoms with Crippen LogP contribution in [0.5, 0.6) is 0 Å². The highest BCUT2D eigenvalue weighted by molar-refractivity contribution is 7.95. The molecular weight excluding hydrogens is 949 g/mol. The summed E-state index contributed by atoms with van der Waals surface area (Å²) in [6, 6.07) is 19.9. The molecule has 6 aromatic rings. The fraction of sp³-hybridized carbons (Fsp3) is 0.255. The van der Waals surface area contributed by atoms with Gasteiger partial charge in [-0.2, -0.15) is 5.47 Å². The summed E-state index contributed by atoms with van der Waals surface area (Å²) in [7, 11) is -12.2. The van der Waals surface area contributed by atoms with Gasteiger partial charge >= 0.3 is 0 Å².